The maximum absolute atomic E-state index is 11.8. The highest BCUT2D eigenvalue weighted by atomic mass is 32.2. The molecule has 20 heavy (non-hydrogen) atoms. The van der Waals surface area contributed by atoms with Gasteiger partial charge < -0.3 is 10.1 Å². The number of ether oxygens (including phenoxy) is 1. The van der Waals surface area contributed by atoms with Crippen molar-refractivity contribution < 1.29 is 14.3 Å². The van der Waals surface area contributed by atoms with Crippen molar-refractivity contribution >= 4 is 40.0 Å². The summed E-state index contributed by atoms with van der Waals surface area (Å²) >= 11 is 3.17. The van der Waals surface area contributed by atoms with Crippen LogP contribution in [-0.2, 0) is 4.74 Å². The minimum atomic E-state index is -0.530. The van der Waals surface area contributed by atoms with Crippen molar-refractivity contribution in [3.8, 4) is 0 Å². The Labute approximate surface area is 126 Å². The number of Topliss-reactive ketones (excluding diaryl/α,β-unsaturated/α-hetero) is 1. The molecule has 0 saturated carbocycles. The van der Waals surface area contributed by atoms with Gasteiger partial charge in [0.05, 0.1) is 6.61 Å². The smallest absolute Gasteiger partial charge is 0.358 e. The lowest BCUT2D eigenvalue weighted by Gasteiger charge is -2.08. The van der Waals surface area contributed by atoms with Crippen LogP contribution in [0.25, 0.3) is 0 Å². The third kappa shape index (κ3) is 3.73. The Morgan fingerprint density at radius 3 is 2.90 bits per heavy atom. The van der Waals surface area contributed by atoms with E-state index in [0.29, 0.717) is 15.3 Å². The summed E-state index contributed by atoms with van der Waals surface area (Å²) in [4.78, 5) is 27.9. The minimum Gasteiger partial charge on any atom is -0.461 e. The summed E-state index contributed by atoms with van der Waals surface area (Å²) in [5.74, 6) is 0.517. The van der Waals surface area contributed by atoms with Crippen LogP contribution in [-0.4, -0.2) is 40.9 Å². The fraction of sp³-hybridized carbons (Fsp3) is 0.615. The van der Waals surface area contributed by atoms with Gasteiger partial charge in [0.1, 0.15) is 4.88 Å². The van der Waals surface area contributed by atoms with Crippen molar-refractivity contribution in [1.29, 1.82) is 0 Å². The number of anilines is 1. The predicted octanol–water partition coefficient (Wildman–Crippen LogP) is 2.83. The number of hydrogen-bond donors (Lipinski definition) is 1. The first-order chi connectivity index (χ1) is 9.61. The molecule has 1 unspecified atom stereocenters. The van der Waals surface area contributed by atoms with E-state index in [1.54, 1.807) is 6.92 Å². The van der Waals surface area contributed by atoms with Gasteiger partial charge in [0.25, 0.3) is 0 Å². The lowest BCUT2D eigenvalue weighted by atomic mass is 10.2. The highest BCUT2D eigenvalue weighted by Crippen LogP contribution is 2.28. The maximum Gasteiger partial charge on any atom is 0.358 e. The summed E-state index contributed by atoms with van der Waals surface area (Å²) in [5, 5.41) is 4.43. The molecule has 0 amide bonds. The molecule has 1 atom stereocenters. The summed E-state index contributed by atoms with van der Waals surface area (Å²) in [6, 6.07) is 0. The predicted molar refractivity (Wildman–Crippen MR) is 82.0 cm³/mol. The number of nitrogens with one attached hydrogen (secondary N) is 1. The molecule has 5 nitrogen and oxygen atoms in total. The van der Waals surface area contributed by atoms with Gasteiger partial charge in [0.2, 0.25) is 0 Å². The van der Waals surface area contributed by atoms with Gasteiger partial charge in [-0.05, 0) is 25.5 Å². The lowest BCUT2D eigenvalue weighted by Crippen LogP contribution is -2.14. The first-order valence-electron chi connectivity index (χ1n) is 6.66. The van der Waals surface area contributed by atoms with Gasteiger partial charge in [-0.3, -0.25) is 4.79 Å². The van der Waals surface area contributed by atoms with E-state index in [4.69, 9.17) is 4.74 Å². The van der Waals surface area contributed by atoms with E-state index in [1.807, 2.05) is 11.8 Å². The minimum absolute atomic E-state index is 0.130. The fourth-order valence-corrected chi connectivity index (χ4v) is 4.03. The molecule has 0 spiro atoms. The normalized spacial score (nSPS) is 18.0. The van der Waals surface area contributed by atoms with Crippen LogP contribution >= 0.6 is 23.1 Å². The monoisotopic (exact) mass is 314 g/mol. The topological polar surface area (TPSA) is 68.3 Å². The van der Waals surface area contributed by atoms with Crippen LogP contribution in [0.1, 0.15) is 46.8 Å². The van der Waals surface area contributed by atoms with Crippen LogP contribution in [0.2, 0.25) is 0 Å². The van der Waals surface area contributed by atoms with Crippen molar-refractivity contribution in [3.63, 3.8) is 0 Å². The molecule has 0 bridgehead atoms. The molecule has 7 heteroatoms. The molecular formula is C13H18N2O3S2. The number of thiazole rings is 1. The Balaban J connectivity index is 2.07. The van der Waals surface area contributed by atoms with Gasteiger partial charge in [-0.1, -0.05) is 11.3 Å². The quantitative estimate of drug-likeness (QED) is 0.643. The molecular weight excluding hydrogens is 296 g/mol. The van der Waals surface area contributed by atoms with E-state index in [2.05, 4.69) is 10.3 Å². The lowest BCUT2D eigenvalue weighted by molar-refractivity contribution is 0.0517. The summed E-state index contributed by atoms with van der Waals surface area (Å²) in [7, 11) is 0. The van der Waals surface area contributed by atoms with Crippen LogP contribution in [0.5, 0.6) is 0 Å². The van der Waals surface area contributed by atoms with E-state index in [9.17, 15) is 9.59 Å². The van der Waals surface area contributed by atoms with Gasteiger partial charge in [-0.25, -0.2) is 9.78 Å². The Hall–Kier alpha value is -1.08. The number of carbonyl (C=O) groups excluding carboxylic acids is 2. The van der Waals surface area contributed by atoms with Crippen LogP contribution < -0.4 is 5.32 Å². The number of nitrogens with zero attached hydrogens (tertiary/aromatic N) is 1. The van der Waals surface area contributed by atoms with E-state index in [1.165, 1.54) is 36.9 Å². The zero-order valence-electron chi connectivity index (χ0n) is 11.6. The Morgan fingerprint density at radius 1 is 1.50 bits per heavy atom. The van der Waals surface area contributed by atoms with Gasteiger partial charge in [0, 0.05) is 18.7 Å². The SMILES string of the molecule is CCOC(=O)c1nc(NCC2CCCS2)sc1C(C)=O. The van der Waals surface area contributed by atoms with Gasteiger partial charge in [0.15, 0.2) is 16.6 Å². The van der Waals surface area contributed by atoms with Crippen LogP contribution in [0, 0.1) is 0 Å². The average Bonchev–Trinajstić information content (AvgIpc) is 3.06. The third-order valence-corrected chi connectivity index (χ3v) is 5.43. The van der Waals surface area contributed by atoms with Crippen LogP contribution in [0.3, 0.4) is 0 Å². The standard InChI is InChI=1S/C13H18N2O3S2/c1-3-18-12(17)10-11(8(2)16)20-13(15-10)14-7-9-5-4-6-19-9/h9H,3-7H2,1-2H3,(H,14,15). The third-order valence-electron chi connectivity index (χ3n) is 2.92. The highest BCUT2D eigenvalue weighted by molar-refractivity contribution is 8.00. The molecule has 0 aromatic carbocycles. The Kier molecular flexibility index (Phi) is 5.42. The van der Waals surface area contributed by atoms with E-state index >= 15 is 0 Å². The van der Waals surface area contributed by atoms with Gasteiger partial charge in [-0.2, -0.15) is 11.8 Å². The van der Waals surface area contributed by atoms with Crippen molar-refractivity contribution in [2.75, 3.05) is 24.2 Å². The first-order valence-corrected chi connectivity index (χ1v) is 8.52. The van der Waals surface area contributed by atoms with E-state index < -0.39 is 5.97 Å². The molecule has 2 rings (SSSR count). The molecule has 1 aliphatic rings. The maximum atomic E-state index is 11.8. The average molecular weight is 314 g/mol. The zero-order chi connectivity index (χ0) is 14.5. The second-order valence-electron chi connectivity index (χ2n) is 4.49. The summed E-state index contributed by atoms with van der Waals surface area (Å²) in [6.07, 6.45) is 2.45. The fourth-order valence-electron chi connectivity index (χ4n) is 1.98. The first kappa shape index (κ1) is 15.3. The molecule has 1 saturated heterocycles. The number of hydrogen-bond acceptors (Lipinski definition) is 7. The van der Waals surface area contributed by atoms with Crippen molar-refractivity contribution in [2.24, 2.45) is 0 Å². The number of ketones is 1. The number of carbonyl (C=O) groups is 2. The van der Waals surface area contributed by atoms with E-state index in [-0.39, 0.29) is 18.1 Å². The molecule has 1 aromatic rings. The second-order valence-corrected chi connectivity index (χ2v) is 6.90. The van der Waals surface area contributed by atoms with Crippen molar-refractivity contribution in [3.05, 3.63) is 10.6 Å². The largest absolute Gasteiger partial charge is 0.461 e. The van der Waals surface area contributed by atoms with E-state index in [0.717, 1.165) is 6.54 Å². The number of thioether (sulfide) groups is 1. The Morgan fingerprint density at radius 2 is 2.30 bits per heavy atom. The molecule has 1 fully saturated rings. The van der Waals surface area contributed by atoms with Gasteiger partial charge >= 0.3 is 5.97 Å². The number of esters is 1. The molecule has 1 aromatic heterocycles. The summed E-state index contributed by atoms with van der Waals surface area (Å²) in [5.41, 5.74) is 0.130. The number of rotatable bonds is 6. The molecule has 2 heterocycles. The summed E-state index contributed by atoms with van der Waals surface area (Å²) < 4.78 is 4.93. The molecule has 110 valence electrons. The molecule has 1 aliphatic heterocycles. The Bertz CT molecular complexity index is 496. The van der Waals surface area contributed by atoms with Crippen molar-refractivity contribution in [1.82, 2.24) is 4.98 Å². The highest BCUT2D eigenvalue weighted by Gasteiger charge is 2.23. The van der Waals surface area contributed by atoms with Crippen molar-refractivity contribution in [2.45, 2.75) is 31.9 Å². The second kappa shape index (κ2) is 7.08. The van der Waals surface area contributed by atoms with Gasteiger partial charge in [-0.15, -0.1) is 0 Å². The van der Waals surface area contributed by atoms with Crippen LogP contribution in [0.15, 0.2) is 0 Å². The molecule has 1 N–H and O–H groups in total. The molecule has 0 aliphatic carbocycles. The molecule has 0 radical (unpaired) electrons. The van der Waals surface area contributed by atoms with Crippen LogP contribution in [0.4, 0.5) is 5.13 Å². The number of aromatic nitrogens is 1. The zero-order valence-corrected chi connectivity index (χ0v) is 13.2. The summed E-state index contributed by atoms with van der Waals surface area (Å²) in [6.45, 7) is 4.26.